The summed E-state index contributed by atoms with van der Waals surface area (Å²) in [5, 5.41) is 0. The third-order valence-electron chi connectivity index (χ3n) is 3.99. The minimum Gasteiger partial charge on any atom is -0.354 e. The van der Waals surface area contributed by atoms with Crippen LogP contribution >= 0.6 is 11.6 Å². The Morgan fingerprint density at radius 2 is 2.00 bits per heavy atom. The molecule has 0 bridgehead atoms. The third-order valence-corrected chi connectivity index (χ3v) is 4.28. The summed E-state index contributed by atoms with van der Waals surface area (Å²) in [6.45, 7) is 7.60. The second kappa shape index (κ2) is 5.63. The first kappa shape index (κ1) is 13.1. The number of aromatic nitrogens is 2. The molecule has 4 nitrogen and oxygen atoms in total. The number of halogens is 1. The van der Waals surface area contributed by atoms with Gasteiger partial charge in [-0.1, -0.05) is 0 Å². The van der Waals surface area contributed by atoms with Gasteiger partial charge in [0, 0.05) is 44.5 Å². The van der Waals surface area contributed by atoms with E-state index in [4.69, 9.17) is 11.6 Å². The lowest BCUT2D eigenvalue weighted by Crippen LogP contribution is -2.47. The molecular formula is C14H21ClN4. The fourth-order valence-electron chi connectivity index (χ4n) is 2.66. The van der Waals surface area contributed by atoms with Crippen LogP contribution in [0, 0.1) is 12.8 Å². The molecule has 104 valence electrons. The number of aryl methyl sites for hydroxylation is 1. The van der Waals surface area contributed by atoms with Crippen molar-refractivity contribution in [1.82, 2.24) is 14.9 Å². The van der Waals surface area contributed by atoms with Crippen LogP contribution in [0.3, 0.4) is 0 Å². The second-order valence-corrected chi connectivity index (χ2v) is 5.90. The van der Waals surface area contributed by atoms with Gasteiger partial charge in [0.15, 0.2) is 0 Å². The number of anilines is 1. The summed E-state index contributed by atoms with van der Waals surface area (Å²) >= 11 is 5.99. The van der Waals surface area contributed by atoms with Gasteiger partial charge in [-0.3, -0.25) is 4.90 Å². The van der Waals surface area contributed by atoms with Crippen LogP contribution < -0.4 is 4.90 Å². The molecule has 5 heteroatoms. The molecule has 0 atom stereocenters. The van der Waals surface area contributed by atoms with Crippen molar-refractivity contribution < 1.29 is 0 Å². The molecule has 1 saturated carbocycles. The number of hydrogen-bond donors (Lipinski definition) is 0. The Labute approximate surface area is 119 Å². The molecule has 0 radical (unpaired) electrons. The van der Waals surface area contributed by atoms with Crippen LogP contribution in [-0.4, -0.2) is 47.6 Å². The monoisotopic (exact) mass is 280 g/mol. The highest BCUT2D eigenvalue weighted by Crippen LogP contribution is 2.30. The van der Waals surface area contributed by atoms with E-state index in [0.717, 1.165) is 49.3 Å². The van der Waals surface area contributed by atoms with Gasteiger partial charge in [0.05, 0.1) is 5.88 Å². The minimum atomic E-state index is 0.484. The van der Waals surface area contributed by atoms with Crippen molar-refractivity contribution in [2.24, 2.45) is 5.92 Å². The summed E-state index contributed by atoms with van der Waals surface area (Å²) in [5.74, 6) is 3.32. The van der Waals surface area contributed by atoms with Crippen LogP contribution in [0.2, 0.25) is 0 Å². The van der Waals surface area contributed by atoms with Crippen LogP contribution in [0.1, 0.15) is 24.2 Å². The first-order valence-corrected chi connectivity index (χ1v) is 7.65. The Bertz CT molecular complexity index is 439. The topological polar surface area (TPSA) is 32.3 Å². The fourth-order valence-corrected chi connectivity index (χ4v) is 2.85. The minimum absolute atomic E-state index is 0.484. The Kier molecular flexibility index (Phi) is 3.89. The Balaban J connectivity index is 1.65. The molecule has 0 spiro atoms. The molecule has 0 N–H and O–H groups in total. The molecule has 2 fully saturated rings. The lowest BCUT2D eigenvalue weighted by atomic mass is 10.2. The summed E-state index contributed by atoms with van der Waals surface area (Å²) in [6.07, 6.45) is 4.73. The summed E-state index contributed by atoms with van der Waals surface area (Å²) in [5.41, 5.74) is 1.04. The second-order valence-electron chi connectivity index (χ2n) is 5.63. The standard InChI is InChI=1S/C14H21ClN4/c1-11-16-9-13(8-15)14(17-11)19-6-4-18(5-7-19)10-12-2-3-12/h9,12H,2-8,10H2,1H3. The molecule has 1 aromatic rings. The Morgan fingerprint density at radius 1 is 1.26 bits per heavy atom. The van der Waals surface area contributed by atoms with E-state index in [-0.39, 0.29) is 0 Å². The number of nitrogens with zero attached hydrogens (tertiary/aromatic N) is 4. The number of piperazine rings is 1. The molecule has 2 heterocycles. The molecular weight excluding hydrogens is 260 g/mol. The fraction of sp³-hybridized carbons (Fsp3) is 0.714. The lowest BCUT2D eigenvalue weighted by molar-refractivity contribution is 0.247. The van der Waals surface area contributed by atoms with Crippen LogP contribution in [-0.2, 0) is 5.88 Å². The van der Waals surface area contributed by atoms with Gasteiger partial charge in [-0.05, 0) is 25.7 Å². The third kappa shape index (κ3) is 3.18. The van der Waals surface area contributed by atoms with Gasteiger partial charge in [-0.15, -0.1) is 11.6 Å². The van der Waals surface area contributed by atoms with E-state index in [1.54, 1.807) is 0 Å². The largest absolute Gasteiger partial charge is 0.354 e. The maximum atomic E-state index is 5.99. The zero-order valence-corrected chi connectivity index (χ0v) is 12.2. The first-order chi connectivity index (χ1) is 9.26. The van der Waals surface area contributed by atoms with Gasteiger partial charge in [0.2, 0.25) is 0 Å². The normalized spacial score (nSPS) is 20.8. The van der Waals surface area contributed by atoms with Crippen molar-refractivity contribution in [3.8, 4) is 0 Å². The molecule has 0 amide bonds. The molecule has 1 aliphatic carbocycles. The SMILES string of the molecule is Cc1ncc(CCl)c(N2CCN(CC3CC3)CC2)n1. The van der Waals surface area contributed by atoms with Crippen LogP contribution in [0.4, 0.5) is 5.82 Å². The number of alkyl halides is 1. The molecule has 1 saturated heterocycles. The summed E-state index contributed by atoms with van der Waals surface area (Å²) < 4.78 is 0. The highest BCUT2D eigenvalue weighted by Gasteiger charge is 2.27. The van der Waals surface area contributed by atoms with Gasteiger partial charge in [-0.25, -0.2) is 9.97 Å². The van der Waals surface area contributed by atoms with Crippen molar-refractivity contribution in [3.63, 3.8) is 0 Å². The van der Waals surface area contributed by atoms with E-state index < -0.39 is 0 Å². The molecule has 0 unspecified atom stereocenters. The average Bonchev–Trinajstić information content (AvgIpc) is 3.23. The van der Waals surface area contributed by atoms with E-state index in [1.807, 2.05) is 13.1 Å². The highest BCUT2D eigenvalue weighted by atomic mass is 35.5. The van der Waals surface area contributed by atoms with Crippen LogP contribution in [0.15, 0.2) is 6.20 Å². The van der Waals surface area contributed by atoms with Crippen molar-refractivity contribution in [1.29, 1.82) is 0 Å². The summed E-state index contributed by atoms with van der Waals surface area (Å²) in [6, 6.07) is 0. The zero-order valence-electron chi connectivity index (χ0n) is 11.5. The molecule has 3 rings (SSSR count). The Morgan fingerprint density at radius 3 is 2.63 bits per heavy atom. The first-order valence-electron chi connectivity index (χ1n) is 7.12. The Hall–Kier alpha value is -0.870. The lowest BCUT2D eigenvalue weighted by Gasteiger charge is -2.36. The predicted octanol–water partition coefficient (Wildman–Crippen LogP) is 2.06. The zero-order chi connectivity index (χ0) is 13.2. The van der Waals surface area contributed by atoms with Gasteiger partial charge >= 0.3 is 0 Å². The molecule has 0 aromatic carbocycles. The highest BCUT2D eigenvalue weighted by molar-refractivity contribution is 6.17. The van der Waals surface area contributed by atoms with Crippen molar-refractivity contribution in [2.45, 2.75) is 25.6 Å². The van der Waals surface area contributed by atoms with Crippen molar-refractivity contribution >= 4 is 17.4 Å². The van der Waals surface area contributed by atoms with Gasteiger partial charge in [0.1, 0.15) is 11.6 Å². The maximum absolute atomic E-state index is 5.99. The van der Waals surface area contributed by atoms with E-state index in [9.17, 15) is 0 Å². The number of rotatable bonds is 4. The van der Waals surface area contributed by atoms with Gasteiger partial charge < -0.3 is 4.90 Å². The van der Waals surface area contributed by atoms with E-state index >= 15 is 0 Å². The van der Waals surface area contributed by atoms with Crippen LogP contribution in [0.5, 0.6) is 0 Å². The number of hydrogen-bond acceptors (Lipinski definition) is 4. The van der Waals surface area contributed by atoms with Gasteiger partial charge in [0.25, 0.3) is 0 Å². The average molecular weight is 281 g/mol. The van der Waals surface area contributed by atoms with Crippen molar-refractivity contribution in [3.05, 3.63) is 17.6 Å². The summed E-state index contributed by atoms with van der Waals surface area (Å²) in [7, 11) is 0. The molecule has 1 aromatic heterocycles. The van der Waals surface area contributed by atoms with Gasteiger partial charge in [-0.2, -0.15) is 0 Å². The molecule has 1 aliphatic heterocycles. The molecule has 19 heavy (non-hydrogen) atoms. The van der Waals surface area contributed by atoms with E-state index in [2.05, 4.69) is 19.8 Å². The smallest absolute Gasteiger partial charge is 0.136 e. The van der Waals surface area contributed by atoms with E-state index in [0.29, 0.717) is 5.88 Å². The van der Waals surface area contributed by atoms with Crippen LogP contribution in [0.25, 0.3) is 0 Å². The van der Waals surface area contributed by atoms with Crippen molar-refractivity contribution in [2.75, 3.05) is 37.6 Å². The maximum Gasteiger partial charge on any atom is 0.136 e. The predicted molar refractivity (Wildman–Crippen MR) is 77.7 cm³/mol. The quantitative estimate of drug-likeness (QED) is 0.791. The molecule has 2 aliphatic rings. The summed E-state index contributed by atoms with van der Waals surface area (Å²) in [4.78, 5) is 13.8. The van der Waals surface area contributed by atoms with E-state index in [1.165, 1.54) is 19.4 Å².